The molecule has 0 saturated carbocycles. The van der Waals surface area contributed by atoms with Gasteiger partial charge in [-0.3, -0.25) is 0 Å². The summed E-state index contributed by atoms with van der Waals surface area (Å²) in [5.41, 5.74) is 4.61. The van der Waals surface area contributed by atoms with Crippen molar-refractivity contribution in [2.75, 3.05) is 7.11 Å². The van der Waals surface area contributed by atoms with E-state index in [-0.39, 0.29) is 1.43 Å². The van der Waals surface area contributed by atoms with Crippen molar-refractivity contribution >= 4 is 5.97 Å². The molecule has 0 atom stereocenters. The summed E-state index contributed by atoms with van der Waals surface area (Å²) in [6.45, 7) is 8.00. The minimum Gasteiger partial charge on any atom is -0.464 e. The minimum atomic E-state index is -0.397. The van der Waals surface area contributed by atoms with E-state index in [9.17, 15) is 4.79 Å². The van der Waals surface area contributed by atoms with Gasteiger partial charge in [0.25, 0.3) is 0 Å². The number of rotatable bonds is 3. The molecule has 0 spiro atoms. The lowest BCUT2D eigenvalue weighted by atomic mass is 10.0. The standard InChI is InChI=1S/C16H17NO2.C2H6.H2/c1-4-12-6-5-7-13(9-12)14-8-11(2)15(17-10-14)16(18)19-3;1-2;/h5-10H,4H2,1-3H3;1-2H3;1H. The van der Waals surface area contributed by atoms with Crippen LogP contribution in [0.25, 0.3) is 11.1 Å². The molecule has 1 aromatic carbocycles. The molecule has 21 heavy (non-hydrogen) atoms. The third kappa shape index (κ3) is 4.15. The van der Waals surface area contributed by atoms with Crippen LogP contribution >= 0.6 is 0 Å². The first-order chi connectivity index (χ1) is 10.2. The molecular formula is C18H25NO2. The van der Waals surface area contributed by atoms with E-state index >= 15 is 0 Å². The van der Waals surface area contributed by atoms with Crippen LogP contribution in [0, 0.1) is 6.92 Å². The lowest BCUT2D eigenvalue weighted by Crippen LogP contribution is -2.06. The summed E-state index contributed by atoms with van der Waals surface area (Å²) < 4.78 is 4.70. The van der Waals surface area contributed by atoms with Gasteiger partial charge < -0.3 is 4.74 Å². The van der Waals surface area contributed by atoms with Gasteiger partial charge in [-0.15, -0.1) is 0 Å². The molecule has 2 rings (SSSR count). The molecule has 0 amide bonds. The van der Waals surface area contributed by atoms with E-state index in [4.69, 9.17) is 4.74 Å². The van der Waals surface area contributed by atoms with E-state index in [1.165, 1.54) is 12.7 Å². The van der Waals surface area contributed by atoms with Crippen molar-refractivity contribution in [1.82, 2.24) is 4.98 Å². The lowest BCUT2D eigenvalue weighted by molar-refractivity contribution is 0.0593. The van der Waals surface area contributed by atoms with E-state index < -0.39 is 5.97 Å². The molecule has 0 aliphatic rings. The molecule has 0 bridgehead atoms. The number of carbonyl (C=O) groups is 1. The van der Waals surface area contributed by atoms with Crippen molar-refractivity contribution in [2.24, 2.45) is 0 Å². The number of benzene rings is 1. The maximum Gasteiger partial charge on any atom is 0.356 e. The number of pyridine rings is 1. The van der Waals surface area contributed by atoms with Crippen LogP contribution in [0.1, 0.15) is 43.8 Å². The smallest absolute Gasteiger partial charge is 0.356 e. The summed E-state index contributed by atoms with van der Waals surface area (Å²) >= 11 is 0. The highest BCUT2D eigenvalue weighted by Gasteiger charge is 2.11. The molecule has 0 aliphatic carbocycles. The first kappa shape index (κ1) is 16.9. The zero-order valence-corrected chi connectivity index (χ0v) is 13.4. The monoisotopic (exact) mass is 287 g/mol. The van der Waals surface area contributed by atoms with Crippen molar-refractivity contribution < 1.29 is 11.0 Å². The van der Waals surface area contributed by atoms with Gasteiger partial charge in [0.1, 0.15) is 0 Å². The Labute approximate surface area is 128 Å². The van der Waals surface area contributed by atoms with Crippen LogP contribution in [0.5, 0.6) is 0 Å². The largest absolute Gasteiger partial charge is 0.464 e. The van der Waals surface area contributed by atoms with Crippen LogP contribution < -0.4 is 0 Å². The summed E-state index contributed by atoms with van der Waals surface area (Å²) in [6.07, 6.45) is 2.72. The zero-order chi connectivity index (χ0) is 15.8. The zero-order valence-electron chi connectivity index (χ0n) is 13.4. The van der Waals surface area contributed by atoms with Crippen molar-refractivity contribution in [3.8, 4) is 11.1 Å². The van der Waals surface area contributed by atoms with Crippen molar-refractivity contribution in [2.45, 2.75) is 34.1 Å². The second-order valence-corrected chi connectivity index (χ2v) is 4.44. The molecule has 0 fully saturated rings. The first-order valence-electron chi connectivity index (χ1n) is 7.30. The van der Waals surface area contributed by atoms with Gasteiger partial charge in [-0.05, 0) is 36.1 Å². The molecule has 3 nitrogen and oxygen atoms in total. The molecule has 0 unspecified atom stereocenters. The summed E-state index contributed by atoms with van der Waals surface area (Å²) in [6, 6.07) is 10.3. The van der Waals surface area contributed by atoms with Crippen LogP contribution in [-0.4, -0.2) is 18.1 Å². The Hall–Kier alpha value is -2.16. The molecule has 3 heteroatoms. The van der Waals surface area contributed by atoms with Gasteiger partial charge in [-0.2, -0.15) is 0 Å². The molecule has 0 aliphatic heterocycles. The lowest BCUT2D eigenvalue weighted by Gasteiger charge is -2.07. The Morgan fingerprint density at radius 2 is 1.95 bits per heavy atom. The van der Waals surface area contributed by atoms with Gasteiger partial charge >= 0.3 is 5.97 Å². The number of ether oxygens (including phenoxy) is 1. The van der Waals surface area contributed by atoms with Crippen LogP contribution in [0.15, 0.2) is 36.5 Å². The number of carbonyl (C=O) groups excluding carboxylic acids is 1. The van der Waals surface area contributed by atoms with E-state index in [1.54, 1.807) is 6.20 Å². The van der Waals surface area contributed by atoms with Gasteiger partial charge in [-0.25, -0.2) is 9.78 Å². The van der Waals surface area contributed by atoms with Gasteiger partial charge in [0.15, 0.2) is 5.69 Å². The summed E-state index contributed by atoms with van der Waals surface area (Å²) in [7, 11) is 1.36. The number of esters is 1. The molecule has 0 radical (unpaired) electrons. The number of aromatic nitrogens is 1. The van der Waals surface area contributed by atoms with Crippen LogP contribution in [0.2, 0.25) is 0 Å². The SMILES string of the molecule is CC.CCc1cccc(-c2cnc(C(=O)OC)c(C)c2)c1.[HH]. The predicted octanol–water partition coefficient (Wildman–Crippen LogP) is 4.68. The van der Waals surface area contributed by atoms with E-state index in [1.807, 2.05) is 39.0 Å². The Bertz CT molecular complexity index is 612. The number of hydrogen-bond donors (Lipinski definition) is 0. The Balaban J connectivity index is 0.00000141. The minimum absolute atomic E-state index is 0. The second-order valence-electron chi connectivity index (χ2n) is 4.44. The van der Waals surface area contributed by atoms with Crippen LogP contribution in [-0.2, 0) is 11.2 Å². The number of hydrogen-bond acceptors (Lipinski definition) is 3. The molecule has 2 aromatic rings. The fraction of sp³-hybridized carbons (Fsp3) is 0.333. The Kier molecular flexibility index (Phi) is 6.60. The highest BCUT2D eigenvalue weighted by Crippen LogP contribution is 2.22. The Morgan fingerprint density at radius 1 is 1.24 bits per heavy atom. The van der Waals surface area contributed by atoms with Gasteiger partial charge in [-0.1, -0.05) is 45.0 Å². The van der Waals surface area contributed by atoms with Gasteiger partial charge in [0.2, 0.25) is 0 Å². The van der Waals surface area contributed by atoms with E-state index in [0.717, 1.165) is 23.1 Å². The predicted molar refractivity (Wildman–Crippen MR) is 88.6 cm³/mol. The van der Waals surface area contributed by atoms with Crippen molar-refractivity contribution in [3.63, 3.8) is 0 Å². The molecule has 1 aromatic heterocycles. The topological polar surface area (TPSA) is 39.2 Å². The molecule has 0 N–H and O–H groups in total. The summed E-state index contributed by atoms with van der Waals surface area (Å²) in [5.74, 6) is -0.397. The highest BCUT2D eigenvalue weighted by molar-refractivity contribution is 5.89. The maximum atomic E-state index is 11.5. The Morgan fingerprint density at radius 3 is 2.52 bits per heavy atom. The van der Waals surface area contributed by atoms with Crippen molar-refractivity contribution in [1.29, 1.82) is 0 Å². The number of aryl methyl sites for hydroxylation is 2. The van der Waals surface area contributed by atoms with E-state index in [0.29, 0.717) is 5.69 Å². The van der Waals surface area contributed by atoms with Crippen LogP contribution in [0.3, 0.4) is 0 Å². The quantitative estimate of drug-likeness (QED) is 0.769. The number of methoxy groups -OCH3 is 1. The van der Waals surface area contributed by atoms with E-state index in [2.05, 4.69) is 24.0 Å². The third-order valence-electron chi connectivity index (χ3n) is 3.13. The summed E-state index contributed by atoms with van der Waals surface area (Å²) in [5, 5.41) is 0. The average molecular weight is 287 g/mol. The highest BCUT2D eigenvalue weighted by atomic mass is 16.5. The first-order valence-corrected chi connectivity index (χ1v) is 7.30. The van der Waals surface area contributed by atoms with Crippen molar-refractivity contribution in [3.05, 3.63) is 53.3 Å². The van der Waals surface area contributed by atoms with Gasteiger partial charge in [0.05, 0.1) is 7.11 Å². The molecule has 1 heterocycles. The average Bonchev–Trinajstić information content (AvgIpc) is 2.56. The molecule has 0 saturated heterocycles. The van der Waals surface area contributed by atoms with Gasteiger partial charge in [0, 0.05) is 13.2 Å². The number of nitrogens with zero attached hydrogens (tertiary/aromatic N) is 1. The summed E-state index contributed by atoms with van der Waals surface area (Å²) in [4.78, 5) is 15.7. The second kappa shape index (κ2) is 8.20. The normalized spacial score (nSPS) is 9.57. The fourth-order valence-electron chi connectivity index (χ4n) is 2.01. The van der Waals surface area contributed by atoms with Crippen LogP contribution in [0.4, 0.5) is 0 Å². The molecular weight excluding hydrogens is 262 g/mol. The fourth-order valence-corrected chi connectivity index (χ4v) is 2.01. The molecule has 114 valence electrons. The maximum absolute atomic E-state index is 11.5. The third-order valence-corrected chi connectivity index (χ3v) is 3.13.